The highest BCUT2D eigenvalue weighted by Gasteiger charge is 2.07. The molecule has 0 fully saturated rings. The number of hydrogen-bond donors (Lipinski definition) is 2. The third kappa shape index (κ3) is 7.16. The summed E-state index contributed by atoms with van der Waals surface area (Å²) < 4.78 is 5.80. The van der Waals surface area contributed by atoms with Crippen molar-refractivity contribution in [3.63, 3.8) is 0 Å². The number of likely N-dealkylation sites (N-methyl/N-ethyl adjacent to an activating group) is 1. The van der Waals surface area contributed by atoms with Crippen LogP contribution in [0.3, 0.4) is 0 Å². The quantitative estimate of drug-likeness (QED) is 0.718. The molecule has 134 valence electrons. The fourth-order valence-corrected chi connectivity index (χ4v) is 2.55. The molecule has 1 atom stereocenters. The maximum Gasteiger partial charge on any atom is 0.224 e. The van der Waals surface area contributed by atoms with E-state index in [9.17, 15) is 4.79 Å². The minimum Gasteiger partial charge on any atom is -0.489 e. The molecule has 0 saturated carbocycles. The van der Waals surface area contributed by atoms with Crippen LogP contribution in [-0.4, -0.2) is 25.0 Å². The average molecular weight is 361 g/mol. The molecule has 0 radical (unpaired) electrons. The van der Waals surface area contributed by atoms with E-state index in [0.717, 1.165) is 23.4 Å². The van der Waals surface area contributed by atoms with Gasteiger partial charge in [0.2, 0.25) is 5.91 Å². The highest BCUT2D eigenvalue weighted by Crippen LogP contribution is 2.16. The fraction of sp³-hybridized carbons (Fsp3) is 0.350. The third-order valence-corrected chi connectivity index (χ3v) is 3.99. The van der Waals surface area contributed by atoms with Crippen LogP contribution in [0.1, 0.15) is 25.0 Å². The van der Waals surface area contributed by atoms with Crippen molar-refractivity contribution in [3.05, 3.63) is 64.7 Å². The van der Waals surface area contributed by atoms with Crippen LogP contribution < -0.4 is 15.4 Å². The number of ether oxygens (including phenoxy) is 1. The normalized spacial score (nSPS) is 11.8. The van der Waals surface area contributed by atoms with Gasteiger partial charge >= 0.3 is 0 Å². The second kappa shape index (κ2) is 10.1. The summed E-state index contributed by atoms with van der Waals surface area (Å²) >= 11 is 5.88. The van der Waals surface area contributed by atoms with Crippen molar-refractivity contribution in [3.8, 4) is 5.75 Å². The first-order valence-corrected chi connectivity index (χ1v) is 8.91. The highest BCUT2D eigenvalue weighted by molar-refractivity contribution is 6.30. The summed E-state index contributed by atoms with van der Waals surface area (Å²) in [5, 5.41) is 6.92. The van der Waals surface area contributed by atoms with Gasteiger partial charge in [0.15, 0.2) is 0 Å². The second-order valence-electron chi connectivity index (χ2n) is 6.00. The van der Waals surface area contributed by atoms with Gasteiger partial charge in [0, 0.05) is 17.6 Å². The van der Waals surface area contributed by atoms with E-state index in [0.29, 0.717) is 24.6 Å². The SMILES string of the molecule is CCN[C@H](C)CNC(=O)Cc1cccc(OCc2ccc(Cl)cc2)c1. The summed E-state index contributed by atoms with van der Waals surface area (Å²) in [4.78, 5) is 12.1. The van der Waals surface area contributed by atoms with E-state index in [1.54, 1.807) is 0 Å². The molecule has 2 rings (SSSR count). The molecule has 25 heavy (non-hydrogen) atoms. The van der Waals surface area contributed by atoms with Gasteiger partial charge in [-0.2, -0.15) is 0 Å². The Hall–Kier alpha value is -2.04. The summed E-state index contributed by atoms with van der Waals surface area (Å²) in [5.41, 5.74) is 1.98. The minimum atomic E-state index is 0.0135. The van der Waals surface area contributed by atoms with E-state index >= 15 is 0 Å². The zero-order valence-electron chi connectivity index (χ0n) is 14.7. The van der Waals surface area contributed by atoms with Crippen LogP contribution in [0.15, 0.2) is 48.5 Å². The fourth-order valence-electron chi connectivity index (χ4n) is 2.43. The van der Waals surface area contributed by atoms with E-state index in [-0.39, 0.29) is 11.9 Å². The van der Waals surface area contributed by atoms with Gasteiger partial charge in [0.1, 0.15) is 12.4 Å². The van der Waals surface area contributed by atoms with Crippen molar-refractivity contribution in [2.24, 2.45) is 0 Å². The zero-order valence-corrected chi connectivity index (χ0v) is 15.5. The van der Waals surface area contributed by atoms with Crippen molar-refractivity contribution >= 4 is 17.5 Å². The number of rotatable bonds is 9. The smallest absolute Gasteiger partial charge is 0.224 e. The molecule has 0 aromatic heterocycles. The minimum absolute atomic E-state index is 0.0135. The standard InChI is InChI=1S/C20H25ClN2O2/c1-3-22-15(2)13-23-20(24)12-17-5-4-6-19(11-17)25-14-16-7-9-18(21)10-8-16/h4-11,15,22H,3,12-14H2,1-2H3,(H,23,24)/t15-/m1/s1. The molecular formula is C20H25ClN2O2. The molecule has 0 spiro atoms. The molecule has 0 unspecified atom stereocenters. The van der Waals surface area contributed by atoms with Gasteiger partial charge in [0.25, 0.3) is 0 Å². The monoisotopic (exact) mass is 360 g/mol. The van der Waals surface area contributed by atoms with Crippen molar-refractivity contribution in [1.82, 2.24) is 10.6 Å². The van der Waals surface area contributed by atoms with Crippen molar-refractivity contribution in [2.75, 3.05) is 13.1 Å². The average Bonchev–Trinajstić information content (AvgIpc) is 2.60. The molecule has 0 heterocycles. The van der Waals surface area contributed by atoms with Gasteiger partial charge < -0.3 is 15.4 Å². The van der Waals surface area contributed by atoms with Gasteiger partial charge in [-0.05, 0) is 48.9 Å². The van der Waals surface area contributed by atoms with E-state index in [4.69, 9.17) is 16.3 Å². The Morgan fingerprint density at radius 1 is 1.16 bits per heavy atom. The van der Waals surface area contributed by atoms with Gasteiger partial charge in [-0.25, -0.2) is 0 Å². The topological polar surface area (TPSA) is 50.4 Å². The van der Waals surface area contributed by atoms with Crippen LogP contribution >= 0.6 is 11.6 Å². The summed E-state index contributed by atoms with van der Waals surface area (Å²) in [6, 6.07) is 15.5. The number of amides is 1. The van der Waals surface area contributed by atoms with Crippen LogP contribution in [0.4, 0.5) is 0 Å². The van der Waals surface area contributed by atoms with Crippen LogP contribution in [0.5, 0.6) is 5.75 Å². The maximum absolute atomic E-state index is 12.1. The number of benzene rings is 2. The maximum atomic E-state index is 12.1. The number of carbonyl (C=O) groups excluding carboxylic acids is 1. The third-order valence-electron chi connectivity index (χ3n) is 3.74. The van der Waals surface area contributed by atoms with Crippen LogP contribution in [0.25, 0.3) is 0 Å². The van der Waals surface area contributed by atoms with E-state index in [2.05, 4.69) is 17.6 Å². The molecule has 2 aromatic carbocycles. The molecular weight excluding hydrogens is 336 g/mol. The van der Waals surface area contributed by atoms with Gasteiger partial charge in [0.05, 0.1) is 6.42 Å². The molecule has 0 saturated heterocycles. The highest BCUT2D eigenvalue weighted by atomic mass is 35.5. The second-order valence-corrected chi connectivity index (χ2v) is 6.44. The van der Waals surface area contributed by atoms with Gasteiger partial charge in [-0.1, -0.05) is 42.8 Å². The summed E-state index contributed by atoms with van der Waals surface area (Å²) in [6.07, 6.45) is 0.344. The zero-order chi connectivity index (χ0) is 18.1. The largest absolute Gasteiger partial charge is 0.489 e. The first-order chi connectivity index (χ1) is 12.1. The summed E-state index contributed by atoms with van der Waals surface area (Å²) in [7, 11) is 0. The molecule has 5 heteroatoms. The van der Waals surface area contributed by atoms with E-state index in [1.807, 2.05) is 55.5 Å². The first kappa shape index (κ1) is 19.3. The Balaban J connectivity index is 1.83. The summed E-state index contributed by atoms with van der Waals surface area (Å²) in [6.45, 7) is 6.08. The van der Waals surface area contributed by atoms with E-state index in [1.165, 1.54) is 0 Å². The summed E-state index contributed by atoms with van der Waals surface area (Å²) in [5.74, 6) is 0.765. The molecule has 0 aliphatic rings. The number of carbonyl (C=O) groups is 1. The van der Waals surface area contributed by atoms with E-state index < -0.39 is 0 Å². The van der Waals surface area contributed by atoms with Crippen molar-refractivity contribution in [1.29, 1.82) is 0 Å². The lowest BCUT2D eigenvalue weighted by Gasteiger charge is -2.13. The Labute approximate surface area is 154 Å². The van der Waals surface area contributed by atoms with Crippen LogP contribution in [0.2, 0.25) is 5.02 Å². The van der Waals surface area contributed by atoms with Crippen LogP contribution in [0, 0.1) is 0 Å². The molecule has 0 aliphatic heterocycles. The van der Waals surface area contributed by atoms with Gasteiger partial charge in [-0.15, -0.1) is 0 Å². The van der Waals surface area contributed by atoms with Gasteiger partial charge in [-0.3, -0.25) is 4.79 Å². The first-order valence-electron chi connectivity index (χ1n) is 8.53. The van der Waals surface area contributed by atoms with Crippen LogP contribution in [-0.2, 0) is 17.8 Å². The lowest BCUT2D eigenvalue weighted by molar-refractivity contribution is -0.120. The predicted molar refractivity (Wildman–Crippen MR) is 102 cm³/mol. The van der Waals surface area contributed by atoms with Crippen molar-refractivity contribution in [2.45, 2.75) is 32.9 Å². The molecule has 4 nitrogen and oxygen atoms in total. The lowest BCUT2D eigenvalue weighted by Crippen LogP contribution is -2.39. The Morgan fingerprint density at radius 3 is 2.64 bits per heavy atom. The molecule has 1 amide bonds. The predicted octanol–water partition coefficient (Wildman–Crippen LogP) is 3.58. The van der Waals surface area contributed by atoms with Crippen molar-refractivity contribution < 1.29 is 9.53 Å². The number of nitrogens with one attached hydrogen (secondary N) is 2. The Morgan fingerprint density at radius 2 is 1.92 bits per heavy atom. The number of halogens is 1. The Bertz CT molecular complexity index is 674. The molecule has 2 aromatic rings. The molecule has 2 N–H and O–H groups in total. The lowest BCUT2D eigenvalue weighted by atomic mass is 10.1. The molecule has 0 bridgehead atoms. The Kier molecular flexibility index (Phi) is 7.76. The molecule has 0 aliphatic carbocycles. The number of hydrogen-bond acceptors (Lipinski definition) is 3.